The Morgan fingerprint density at radius 1 is 1.53 bits per heavy atom. The minimum absolute atomic E-state index is 0.291. The van der Waals surface area contributed by atoms with E-state index in [1.807, 2.05) is 6.08 Å². The third-order valence-corrected chi connectivity index (χ3v) is 3.28. The molecule has 1 unspecified atom stereocenters. The highest BCUT2D eigenvalue weighted by Crippen LogP contribution is 2.25. The number of carbonyl (C=O) groups excluding carboxylic acids is 1. The molecule has 2 rings (SSSR count). The quantitative estimate of drug-likeness (QED) is 0.707. The Labute approximate surface area is 91.1 Å². The summed E-state index contributed by atoms with van der Waals surface area (Å²) in [6.45, 7) is 3.02. The van der Waals surface area contributed by atoms with Gasteiger partial charge in [0.15, 0.2) is 5.78 Å². The van der Waals surface area contributed by atoms with E-state index in [0.29, 0.717) is 18.1 Å². The van der Waals surface area contributed by atoms with Gasteiger partial charge in [0, 0.05) is 38.4 Å². The van der Waals surface area contributed by atoms with E-state index in [1.165, 1.54) is 18.5 Å². The first-order valence-electron chi connectivity index (χ1n) is 5.77. The molecule has 1 saturated heterocycles. The Hall–Kier alpha value is -0.830. The van der Waals surface area contributed by atoms with E-state index in [4.69, 9.17) is 4.74 Å². The molecule has 1 fully saturated rings. The topological polar surface area (TPSA) is 29.5 Å². The van der Waals surface area contributed by atoms with Crippen LogP contribution in [-0.4, -0.2) is 37.5 Å². The molecule has 0 amide bonds. The minimum Gasteiger partial charge on any atom is -0.384 e. The zero-order chi connectivity index (χ0) is 10.7. The van der Waals surface area contributed by atoms with Gasteiger partial charge in [-0.2, -0.15) is 0 Å². The largest absolute Gasteiger partial charge is 0.384 e. The lowest BCUT2D eigenvalue weighted by atomic mass is 9.98. The number of ether oxygens (including phenoxy) is 1. The summed E-state index contributed by atoms with van der Waals surface area (Å²) in [6.07, 6.45) is 5.96. The highest BCUT2D eigenvalue weighted by atomic mass is 16.5. The molecule has 1 aliphatic carbocycles. The normalized spacial score (nSPS) is 27.0. The summed E-state index contributed by atoms with van der Waals surface area (Å²) in [5.41, 5.74) is 1.25. The van der Waals surface area contributed by atoms with Gasteiger partial charge in [0.1, 0.15) is 0 Å². The number of hydrogen-bond acceptors (Lipinski definition) is 3. The molecule has 3 heteroatoms. The van der Waals surface area contributed by atoms with E-state index in [2.05, 4.69) is 4.90 Å². The molecule has 0 aromatic heterocycles. The van der Waals surface area contributed by atoms with Crippen LogP contribution in [0.1, 0.15) is 25.7 Å². The number of likely N-dealkylation sites (tertiary alicyclic amines) is 1. The number of carbonyl (C=O) groups is 1. The van der Waals surface area contributed by atoms with Gasteiger partial charge < -0.3 is 9.64 Å². The van der Waals surface area contributed by atoms with Crippen molar-refractivity contribution < 1.29 is 9.53 Å². The fraction of sp³-hybridized carbons (Fsp3) is 0.750. The van der Waals surface area contributed by atoms with Gasteiger partial charge in [0.25, 0.3) is 0 Å². The maximum absolute atomic E-state index is 11.2. The molecule has 0 saturated carbocycles. The first kappa shape index (κ1) is 10.7. The van der Waals surface area contributed by atoms with Crippen molar-refractivity contribution in [3.63, 3.8) is 0 Å². The average molecular weight is 209 g/mol. The van der Waals surface area contributed by atoms with Gasteiger partial charge in [-0.3, -0.25) is 4.79 Å². The summed E-state index contributed by atoms with van der Waals surface area (Å²) in [5.74, 6) is 0.930. The Morgan fingerprint density at radius 3 is 3.07 bits per heavy atom. The van der Waals surface area contributed by atoms with E-state index >= 15 is 0 Å². The summed E-state index contributed by atoms with van der Waals surface area (Å²) < 4.78 is 5.20. The number of methoxy groups -OCH3 is 1. The highest BCUT2D eigenvalue weighted by Gasteiger charge is 2.24. The highest BCUT2D eigenvalue weighted by molar-refractivity contribution is 5.92. The van der Waals surface area contributed by atoms with Crippen molar-refractivity contribution in [1.82, 2.24) is 4.90 Å². The van der Waals surface area contributed by atoms with Gasteiger partial charge in [-0.15, -0.1) is 0 Å². The maximum Gasteiger partial charge on any atom is 0.157 e. The SMILES string of the molecule is COCC1CCCN(C2=CC(=O)CC2)C1. The van der Waals surface area contributed by atoms with Crippen LogP contribution in [0.2, 0.25) is 0 Å². The first-order valence-corrected chi connectivity index (χ1v) is 5.77. The third-order valence-electron chi connectivity index (χ3n) is 3.28. The fourth-order valence-electron chi connectivity index (χ4n) is 2.53. The molecule has 1 aliphatic heterocycles. The molecule has 1 atom stereocenters. The van der Waals surface area contributed by atoms with Crippen LogP contribution in [-0.2, 0) is 9.53 Å². The maximum atomic E-state index is 11.2. The third kappa shape index (κ3) is 2.59. The van der Waals surface area contributed by atoms with E-state index in [9.17, 15) is 4.79 Å². The van der Waals surface area contributed by atoms with Crippen molar-refractivity contribution in [3.05, 3.63) is 11.8 Å². The number of piperidine rings is 1. The molecule has 2 aliphatic rings. The summed E-state index contributed by atoms with van der Waals surface area (Å²) in [5, 5.41) is 0. The Kier molecular flexibility index (Phi) is 3.41. The molecule has 3 nitrogen and oxygen atoms in total. The molecule has 15 heavy (non-hydrogen) atoms. The Bertz CT molecular complexity index is 271. The number of allylic oxidation sites excluding steroid dienone is 2. The van der Waals surface area contributed by atoms with Gasteiger partial charge in [-0.05, 0) is 25.2 Å². The molecule has 0 bridgehead atoms. The molecule has 0 aromatic carbocycles. The summed E-state index contributed by atoms with van der Waals surface area (Å²) in [4.78, 5) is 13.5. The van der Waals surface area contributed by atoms with Crippen LogP contribution in [0.5, 0.6) is 0 Å². The van der Waals surface area contributed by atoms with Crippen molar-refractivity contribution in [2.45, 2.75) is 25.7 Å². The van der Waals surface area contributed by atoms with Gasteiger partial charge in [0.05, 0.1) is 6.61 Å². The van der Waals surface area contributed by atoms with E-state index < -0.39 is 0 Å². The molecule has 0 N–H and O–H groups in total. The molecular weight excluding hydrogens is 190 g/mol. The minimum atomic E-state index is 0.291. The van der Waals surface area contributed by atoms with Crippen molar-refractivity contribution in [2.24, 2.45) is 5.92 Å². The summed E-state index contributed by atoms with van der Waals surface area (Å²) >= 11 is 0. The molecule has 0 radical (unpaired) electrons. The number of nitrogens with zero attached hydrogens (tertiary/aromatic N) is 1. The lowest BCUT2D eigenvalue weighted by Gasteiger charge is -2.34. The molecule has 0 aromatic rings. The van der Waals surface area contributed by atoms with E-state index in [-0.39, 0.29) is 0 Å². The lowest BCUT2D eigenvalue weighted by Crippen LogP contribution is -2.36. The Balaban J connectivity index is 1.92. The Morgan fingerprint density at radius 2 is 2.40 bits per heavy atom. The summed E-state index contributed by atoms with van der Waals surface area (Å²) in [7, 11) is 1.76. The van der Waals surface area contributed by atoms with Gasteiger partial charge in [-0.25, -0.2) is 0 Å². The van der Waals surface area contributed by atoms with Crippen LogP contribution in [0.25, 0.3) is 0 Å². The van der Waals surface area contributed by atoms with Crippen LogP contribution in [0.3, 0.4) is 0 Å². The van der Waals surface area contributed by atoms with Crippen molar-refractivity contribution in [2.75, 3.05) is 26.8 Å². The zero-order valence-corrected chi connectivity index (χ0v) is 9.37. The van der Waals surface area contributed by atoms with Gasteiger partial charge in [0.2, 0.25) is 0 Å². The van der Waals surface area contributed by atoms with Gasteiger partial charge in [-0.1, -0.05) is 0 Å². The first-order chi connectivity index (χ1) is 7.29. The molecule has 0 spiro atoms. The van der Waals surface area contributed by atoms with Crippen LogP contribution in [0.4, 0.5) is 0 Å². The van der Waals surface area contributed by atoms with Crippen molar-refractivity contribution >= 4 is 5.78 Å². The standard InChI is InChI=1S/C12H19NO2/c1-15-9-10-3-2-6-13(8-10)11-4-5-12(14)7-11/h7,10H,2-6,8-9H2,1H3. The van der Waals surface area contributed by atoms with Crippen molar-refractivity contribution in [1.29, 1.82) is 0 Å². The predicted octanol–water partition coefficient (Wildman–Crippen LogP) is 1.59. The van der Waals surface area contributed by atoms with Crippen LogP contribution in [0, 0.1) is 5.92 Å². The van der Waals surface area contributed by atoms with E-state index in [0.717, 1.165) is 26.1 Å². The van der Waals surface area contributed by atoms with Crippen molar-refractivity contribution in [3.8, 4) is 0 Å². The predicted molar refractivity (Wildman–Crippen MR) is 58.5 cm³/mol. The second-order valence-electron chi connectivity index (χ2n) is 4.51. The molecule has 84 valence electrons. The number of hydrogen-bond donors (Lipinski definition) is 0. The van der Waals surface area contributed by atoms with Crippen LogP contribution >= 0.6 is 0 Å². The molecule has 1 heterocycles. The monoisotopic (exact) mass is 209 g/mol. The van der Waals surface area contributed by atoms with Crippen LogP contribution < -0.4 is 0 Å². The average Bonchev–Trinajstić information content (AvgIpc) is 2.66. The summed E-state index contributed by atoms with van der Waals surface area (Å²) in [6, 6.07) is 0. The number of ketones is 1. The van der Waals surface area contributed by atoms with Gasteiger partial charge >= 0.3 is 0 Å². The number of rotatable bonds is 3. The smallest absolute Gasteiger partial charge is 0.157 e. The van der Waals surface area contributed by atoms with E-state index in [1.54, 1.807) is 7.11 Å². The fourth-order valence-corrected chi connectivity index (χ4v) is 2.53. The second-order valence-corrected chi connectivity index (χ2v) is 4.51. The molecular formula is C12H19NO2. The second kappa shape index (κ2) is 4.79. The zero-order valence-electron chi connectivity index (χ0n) is 9.37. The van der Waals surface area contributed by atoms with Crippen LogP contribution in [0.15, 0.2) is 11.8 Å². The lowest BCUT2D eigenvalue weighted by molar-refractivity contribution is -0.114.